The quantitative estimate of drug-likeness (QED) is 0.798. The minimum absolute atomic E-state index is 0.0590. The van der Waals surface area contributed by atoms with Gasteiger partial charge in [-0.05, 0) is 6.42 Å². The predicted octanol–water partition coefficient (Wildman–Crippen LogP) is 2.37. The van der Waals surface area contributed by atoms with Crippen molar-refractivity contribution in [3.8, 4) is 0 Å². The van der Waals surface area contributed by atoms with Crippen LogP contribution in [-0.4, -0.2) is 54.2 Å². The minimum atomic E-state index is -0.0590. The number of rotatable bonds is 4. The summed E-state index contributed by atoms with van der Waals surface area (Å²) in [6.45, 7) is 11.3. The van der Waals surface area contributed by atoms with Crippen molar-refractivity contribution in [2.75, 3.05) is 38.2 Å². The molecule has 0 N–H and O–H groups in total. The van der Waals surface area contributed by atoms with E-state index in [9.17, 15) is 0 Å². The van der Waals surface area contributed by atoms with Gasteiger partial charge in [0.05, 0.1) is 12.3 Å². The Morgan fingerprint density at radius 3 is 2.61 bits per heavy atom. The van der Waals surface area contributed by atoms with Gasteiger partial charge in [-0.2, -0.15) is 0 Å². The molecule has 0 aromatic carbocycles. The van der Waals surface area contributed by atoms with E-state index < -0.39 is 0 Å². The van der Waals surface area contributed by atoms with E-state index in [2.05, 4.69) is 53.8 Å². The molecule has 1 aromatic heterocycles. The third kappa shape index (κ3) is 3.72. The summed E-state index contributed by atoms with van der Waals surface area (Å²) >= 11 is 0. The Balaban J connectivity index is 1.80. The van der Waals surface area contributed by atoms with Gasteiger partial charge in [0.25, 0.3) is 0 Å². The van der Waals surface area contributed by atoms with Crippen molar-refractivity contribution >= 4 is 5.82 Å². The molecule has 5 nitrogen and oxygen atoms in total. The Kier molecular flexibility index (Phi) is 4.69. The van der Waals surface area contributed by atoms with E-state index in [1.54, 1.807) is 7.11 Å². The standard InChI is InChI=1S/C18H28N4O/c1-18(2,3)17-19-14(13-23-4)11-16(20-17)22-10-7-15(12-22)21-8-5-6-9-21/h5-6,11,15H,7-10,12-13H2,1-4H3. The van der Waals surface area contributed by atoms with Gasteiger partial charge in [0.1, 0.15) is 11.6 Å². The zero-order valence-electron chi connectivity index (χ0n) is 14.7. The van der Waals surface area contributed by atoms with Crippen molar-refractivity contribution < 1.29 is 4.74 Å². The lowest BCUT2D eigenvalue weighted by atomic mass is 9.95. The fourth-order valence-corrected chi connectivity index (χ4v) is 3.24. The zero-order valence-corrected chi connectivity index (χ0v) is 14.7. The number of aromatic nitrogens is 2. The Hall–Kier alpha value is -1.46. The molecule has 3 heterocycles. The number of hydrogen-bond donors (Lipinski definition) is 0. The van der Waals surface area contributed by atoms with Gasteiger partial charge in [-0.15, -0.1) is 0 Å². The van der Waals surface area contributed by atoms with E-state index in [4.69, 9.17) is 9.72 Å². The van der Waals surface area contributed by atoms with Gasteiger partial charge >= 0.3 is 0 Å². The van der Waals surface area contributed by atoms with E-state index >= 15 is 0 Å². The van der Waals surface area contributed by atoms with Gasteiger partial charge in [0.2, 0.25) is 0 Å². The van der Waals surface area contributed by atoms with Gasteiger partial charge in [0.15, 0.2) is 0 Å². The van der Waals surface area contributed by atoms with Crippen molar-refractivity contribution in [3.05, 3.63) is 29.7 Å². The van der Waals surface area contributed by atoms with E-state index in [1.165, 1.54) is 6.42 Å². The molecule has 1 atom stereocenters. The molecule has 0 amide bonds. The van der Waals surface area contributed by atoms with Crippen molar-refractivity contribution in [1.82, 2.24) is 14.9 Å². The monoisotopic (exact) mass is 316 g/mol. The average molecular weight is 316 g/mol. The van der Waals surface area contributed by atoms with Crippen molar-refractivity contribution in [3.63, 3.8) is 0 Å². The molecule has 0 saturated carbocycles. The number of methoxy groups -OCH3 is 1. The summed E-state index contributed by atoms with van der Waals surface area (Å²) in [5.41, 5.74) is 0.907. The molecule has 126 valence electrons. The number of hydrogen-bond acceptors (Lipinski definition) is 5. The van der Waals surface area contributed by atoms with Gasteiger partial charge in [0, 0.05) is 50.8 Å². The summed E-state index contributed by atoms with van der Waals surface area (Å²) in [5, 5.41) is 0. The molecule has 0 bridgehead atoms. The molecule has 3 rings (SSSR count). The molecule has 0 radical (unpaired) electrons. The maximum absolute atomic E-state index is 5.29. The van der Waals surface area contributed by atoms with Crippen LogP contribution in [0, 0.1) is 0 Å². The fourth-order valence-electron chi connectivity index (χ4n) is 3.24. The van der Waals surface area contributed by atoms with Gasteiger partial charge in [-0.1, -0.05) is 32.9 Å². The van der Waals surface area contributed by atoms with Crippen LogP contribution >= 0.6 is 0 Å². The highest BCUT2D eigenvalue weighted by molar-refractivity contribution is 5.42. The van der Waals surface area contributed by atoms with Crippen LogP contribution in [0.3, 0.4) is 0 Å². The Morgan fingerprint density at radius 2 is 1.96 bits per heavy atom. The van der Waals surface area contributed by atoms with Crippen LogP contribution in [-0.2, 0) is 16.8 Å². The lowest BCUT2D eigenvalue weighted by Gasteiger charge is -2.25. The highest BCUT2D eigenvalue weighted by Crippen LogP contribution is 2.26. The third-order valence-electron chi connectivity index (χ3n) is 4.58. The Bertz CT molecular complexity index is 571. The average Bonchev–Trinajstić information content (AvgIpc) is 3.17. The van der Waals surface area contributed by atoms with Crippen molar-refractivity contribution in [1.29, 1.82) is 0 Å². The first-order valence-corrected chi connectivity index (χ1v) is 8.49. The summed E-state index contributed by atoms with van der Waals surface area (Å²) in [6, 6.07) is 2.72. The normalized spacial score (nSPS) is 22.3. The summed E-state index contributed by atoms with van der Waals surface area (Å²) < 4.78 is 5.29. The summed E-state index contributed by atoms with van der Waals surface area (Å²) in [7, 11) is 1.71. The van der Waals surface area contributed by atoms with Crippen LogP contribution in [0.4, 0.5) is 5.82 Å². The van der Waals surface area contributed by atoms with E-state index in [0.29, 0.717) is 12.6 Å². The third-order valence-corrected chi connectivity index (χ3v) is 4.58. The lowest BCUT2D eigenvalue weighted by Crippen LogP contribution is -2.36. The fraction of sp³-hybridized carbons (Fsp3) is 0.667. The van der Waals surface area contributed by atoms with E-state index in [0.717, 1.165) is 43.5 Å². The van der Waals surface area contributed by atoms with Crippen LogP contribution in [0.2, 0.25) is 0 Å². The van der Waals surface area contributed by atoms with Gasteiger partial charge in [-0.3, -0.25) is 4.90 Å². The molecule has 5 heteroatoms. The molecule has 2 aliphatic rings. The van der Waals surface area contributed by atoms with E-state index in [1.807, 2.05) is 0 Å². The van der Waals surface area contributed by atoms with Crippen LogP contribution in [0.1, 0.15) is 38.7 Å². The minimum Gasteiger partial charge on any atom is -0.378 e. The molecule has 2 aliphatic heterocycles. The number of ether oxygens (including phenoxy) is 1. The molecular formula is C18H28N4O. The highest BCUT2D eigenvalue weighted by Gasteiger charge is 2.30. The maximum Gasteiger partial charge on any atom is 0.136 e. The largest absolute Gasteiger partial charge is 0.378 e. The Morgan fingerprint density at radius 1 is 1.22 bits per heavy atom. The van der Waals surface area contributed by atoms with Crippen molar-refractivity contribution in [2.45, 2.75) is 45.3 Å². The smallest absolute Gasteiger partial charge is 0.136 e. The predicted molar refractivity (Wildman–Crippen MR) is 92.8 cm³/mol. The molecule has 1 unspecified atom stereocenters. The zero-order chi connectivity index (χ0) is 16.4. The molecule has 1 aromatic rings. The number of anilines is 1. The molecule has 0 spiro atoms. The first kappa shape index (κ1) is 16.4. The molecule has 23 heavy (non-hydrogen) atoms. The molecule has 0 aliphatic carbocycles. The second-order valence-corrected chi connectivity index (χ2v) is 7.54. The number of nitrogens with zero attached hydrogens (tertiary/aromatic N) is 4. The highest BCUT2D eigenvalue weighted by atomic mass is 16.5. The first-order chi connectivity index (χ1) is 11.0. The van der Waals surface area contributed by atoms with Gasteiger partial charge < -0.3 is 9.64 Å². The summed E-state index contributed by atoms with van der Waals surface area (Å²) in [6.07, 6.45) is 5.74. The van der Waals surface area contributed by atoms with Crippen LogP contribution < -0.4 is 4.90 Å². The van der Waals surface area contributed by atoms with Crippen LogP contribution in [0.25, 0.3) is 0 Å². The SMILES string of the molecule is COCc1cc(N2CCC(N3CC=CC3)C2)nc(C(C)(C)C)n1. The molecular weight excluding hydrogens is 288 g/mol. The second kappa shape index (κ2) is 6.57. The molecule has 1 fully saturated rings. The first-order valence-electron chi connectivity index (χ1n) is 8.49. The van der Waals surface area contributed by atoms with Crippen LogP contribution in [0.5, 0.6) is 0 Å². The topological polar surface area (TPSA) is 41.5 Å². The lowest BCUT2D eigenvalue weighted by molar-refractivity contribution is 0.181. The van der Waals surface area contributed by atoms with Gasteiger partial charge in [-0.25, -0.2) is 9.97 Å². The summed E-state index contributed by atoms with van der Waals surface area (Å²) in [4.78, 5) is 14.5. The maximum atomic E-state index is 5.29. The summed E-state index contributed by atoms with van der Waals surface area (Å²) in [5.74, 6) is 1.94. The van der Waals surface area contributed by atoms with Crippen molar-refractivity contribution in [2.24, 2.45) is 0 Å². The Labute approximate surface area is 139 Å². The van der Waals surface area contributed by atoms with E-state index in [-0.39, 0.29) is 5.41 Å². The van der Waals surface area contributed by atoms with Crippen LogP contribution in [0.15, 0.2) is 18.2 Å². The second-order valence-electron chi connectivity index (χ2n) is 7.54. The molecule has 1 saturated heterocycles.